The van der Waals surface area contributed by atoms with Crippen molar-refractivity contribution in [3.05, 3.63) is 24.3 Å². The predicted octanol–water partition coefficient (Wildman–Crippen LogP) is 1.64. The van der Waals surface area contributed by atoms with Gasteiger partial charge in [-0.2, -0.15) is 0 Å². The Balaban J connectivity index is 0.000000218. The fraction of sp³-hybridized carbons (Fsp3) is 0.500. The fourth-order valence-electron chi connectivity index (χ4n) is 1.79. The van der Waals surface area contributed by atoms with Gasteiger partial charge in [0.05, 0.1) is 0 Å². The standard InChI is InChI=1S/C10H16O2.C4H3NO2/c1-8(2)10(11)12-9-6-4-3-5-7-9;6-3-1-2-4(7)5-3/h9H,1,3-7H2,2H3;1-2H,(H,5,6,7). The SMILES string of the molecule is C=C(C)C(=O)OC1CCCCC1.O=C1C=CC(=O)N1. The first-order valence-corrected chi connectivity index (χ1v) is 6.38. The minimum absolute atomic E-state index is 0.156. The first-order chi connectivity index (χ1) is 8.99. The van der Waals surface area contributed by atoms with Gasteiger partial charge in [-0.3, -0.25) is 14.9 Å². The maximum atomic E-state index is 11.1. The van der Waals surface area contributed by atoms with E-state index in [1.54, 1.807) is 6.92 Å². The third-order valence-corrected chi connectivity index (χ3v) is 2.81. The van der Waals surface area contributed by atoms with Crippen LogP contribution in [0.5, 0.6) is 0 Å². The summed E-state index contributed by atoms with van der Waals surface area (Å²) in [5.41, 5.74) is 0.501. The quantitative estimate of drug-likeness (QED) is 0.468. The zero-order valence-electron chi connectivity index (χ0n) is 11.1. The van der Waals surface area contributed by atoms with Crippen LogP contribution >= 0.6 is 0 Å². The topological polar surface area (TPSA) is 72.5 Å². The van der Waals surface area contributed by atoms with Crippen molar-refractivity contribution in [1.82, 2.24) is 5.32 Å². The molecule has 0 aromatic carbocycles. The van der Waals surface area contributed by atoms with Crippen LogP contribution in [0, 0.1) is 0 Å². The zero-order chi connectivity index (χ0) is 14.3. The molecule has 0 spiro atoms. The Kier molecular flexibility index (Phi) is 5.99. The number of ether oxygens (including phenoxy) is 1. The molecule has 0 bridgehead atoms. The highest BCUT2D eigenvalue weighted by Crippen LogP contribution is 2.20. The smallest absolute Gasteiger partial charge is 0.333 e. The number of hydrogen-bond donors (Lipinski definition) is 1. The van der Waals surface area contributed by atoms with Gasteiger partial charge in [-0.15, -0.1) is 0 Å². The predicted molar refractivity (Wildman–Crippen MR) is 70.1 cm³/mol. The van der Waals surface area contributed by atoms with Gasteiger partial charge in [0.25, 0.3) is 11.8 Å². The van der Waals surface area contributed by atoms with E-state index in [-0.39, 0.29) is 23.9 Å². The molecule has 0 saturated heterocycles. The van der Waals surface area contributed by atoms with Gasteiger partial charge in [-0.25, -0.2) is 4.79 Å². The van der Waals surface area contributed by atoms with Crippen LogP contribution in [-0.2, 0) is 19.1 Å². The van der Waals surface area contributed by atoms with Crippen molar-refractivity contribution < 1.29 is 19.1 Å². The molecule has 1 heterocycles. The molecule has 5 heteroatoms. The molecule has 1 aliphatic heterocycles. The summed E-state index contributed by atoms with van der Waals surface area (Å²) in [7, 11) is 0. The van der Waals surface area contributed by atoms with Crippen molar-refractivity contribution in [2.45, 2.75) is 45.1 Å². The van der Waals surface area contributed by atoms with Crippen molar-refractivity contribution in [3.8, 4) is 0 Å². The first kappa shape index (κ1) is 15.1. The van der Waals surface area contributed by atoms with Crippen LogP contribution in [0.3, 0.4) is 0 Å². The van der Waals surface area contributed by atoms with Gasteiger partial charge in [-0.05, 0) is 32.6 Å². The average molecular weight is 265 g/mol. The van der Waals surface area contributed by atoms with Crippen molar-refractivity contribution in [2.24, 2.45) is 0 Å². The maximum Gasteiger partial charge on any atom is 0.333 e. The average Bonchev–Trinajstić information content (AvgIpc) is 2.75. The number of amides is 2. The molecule has 0 unspecified atom stereocenters. The lowest BCUT2D eigenvalue weighted by molar-refractivity contribution is -0.145. The van der Waals surface area contributed by atoms with E-state index in [1.165, 1.54) is 31.4 Å². The molecule has 1 fully saturated rings. The number of carbonyl (C=O) groups excluding carboxylic acids is 3. The van der Waals surface area contributed by atoms with Crippen LogP contribution < -0.4 is 5.32 Å². The Morgan fingerprint density at radius 3 is 2.11 bits per heavy atom. The molecule has 5 nitrogen and oxygen atoms in total. The van der Waals surface area contributed by atoms with Gasteiger partial charge < -0.3 is 4.74 Å². The van der Waals surface area contributed by atoms with Gasteiger partial charge in [0.1, 0.15) is 6.10 Å². The normalized spacial score (nSPS) is 18.4. The number of rotatable bonds is 2. The molecule has 2 amide bonds. The molecule has 1 aliphatic carbocycles. The minimum Gasteiger partial charge on any atom is -0.459 e. The largest absolute Gasteiger partial charge is 0.459 e. The van der Waals surface area contributed by atoms with Gasteiger partial charge in [-0.1, -0.05) is 13.0 Å². The lowest BCUT2D eigenvalue weighted by atomic mass is 9.98. The molecule has 0 radical (unpaired) electrons. The van der Waals surface area contributed by atoms with E-state index in [4.69, 9.17) is 4.74 Å². The van der Waals surface area contributed by atoms with E-state index in [0.717, 1.165) is 12.8 Å². The summed E-state index contributed by atoms with van der Waals surface area (Å²) in [6, 6.07) is 0. The highest BCUT2D eigenvalue weighted by atomic mass is 16.5. The van der Waals surface area contributed by atoms with Gasteiger partial charge in [0.15, 0.2) is 0 Å². The molecular weight excluding hydrogens is 246 g/mol. The molecule has 2 aliphatic rings. The third-order valence-electron chi connectivity index (χ3n) is 2.81. The van der Waals surface area contributed by atoms with Crippen molar-refractivity contribution in [1.29, 1.82) is 0 Å². The maximum absolute atomic E-state index is 11.1. The molecule has 1 saturated carbocycles. The molecular formula is C14H19NO4. The minimum atomic E-state index is -0.329. The Bertz CT molecular complexity index is 390. The van der Waals surface area contributed by atoms with Crippen LogP contribution in [-0.4, -0.2) is 23.9 Å². The van der Waals surface area contributed by atoms with E-state index in [9.17, 15) is 14.4 Å². The number of esters is 1. The highest BCUT2D eigenvalue weighted by Gasteiger charge is 2.17. The zero-order valence-corrected chi connectivity index (χ0v) is 11.1. The van der Waals surface area contributed by atoms with Crippen molar-refractivity contribution in [2.75, 3.05) is 0 Å². The number of nitrogens with one attached hydrogen (secondary N) is 1. The van der Waals surface area contributed by atoms with Crippen LogP contribution in [0.15, 0.2) is 24.3 Å². The van der Waals surface area contributed by atoms with E-state index in [2.05, 4.69) is 6.58 Å². The van der Waals surface area contributed by atoms with E-state index >= 15 is 0 Å². The van der Waals surface area contributed by atoms with Gasteiger partial charge in [0, 0.05) is 17.7 Å². The van der Waals surface area contributed by atoms with E-state index < -0.39 is 0 Å². The van der Waals surface area contributed by atoms with Crippen LogP contribution in [0.25, 0.3) is 0 Å². The number of hydrogen-bond acceptors (Lipinski definition) is 4. The summed E-state index contributed by atoms with van der Waals surface area (Å²) in [5.74, 6) is -0.892. The Hall–Kier alpha value is -1.91. The first-order valence-electron chi connectivity index (χ1n) is 6.38. The second-order valence-corrected chi connectivity index (χ2v) is 4.63. The van der Waals surface area contributed by atoms with Crippen molar-refractivity contribution in [3.63, 3.8) is 0 Å². The van der Waals surface area contributed by atoms with E-state index in [1.807, 2.05) is 5.32 Å². The molecule has 19 heavy (non-hydrogen) atoms. The fourth-order valence-corrected chi connectivity index (χ4v) is 1.79. The summed E-state index contributed by atoms with van der Waals surface area (Å²) in [6.07, 6.45) is 8.26. The summed E-state index contributed by atoms with van der Waals surface area (Å²) < 4.78 is 5.21. The molecule has 104 valence electrons. The molecule has 1 N–H and O–H groups in total. The second kappa shape index (κ2) is 7.51. The number of carbonyl (C=O) groups is 3. The molecule has 2 rings (SSSR count). The van der Waals surface area contributed by atoms with Crippen molar-refractivity contribution >= 4 is 17.8 Å². The number of imide groups is 1. The van der Waals surface area contributed by atoms with Gasteiger partial charge >= 0.3 is 5.97 Å². The van der Waals surface area contributed by atoms with Crippen LogP contribution in [0.1, 0.15) is 39.0 Å². The van der Waals surface area contributed by atoms with Crippen LogP contribution in [0.2, 0.25) is 0 Å². The lowest BCUT2D eigenvalue weighted by Crippen LogP contribution is -2.20. The summed E-state index contributed by atoms with van der Waals surface area (Å²) in [4.78, 5) is 31.2. The molecule has 0 aromatic heterocycles. The highest BCUT2D eigenvalue weighted by molar-refractivity contribution is 6.12. The Morgan fingerprint density at radius 2 is 1.74 bits per heavy atom. The molecule has 0 atom stereocenters. The van der Waals surface area contributed by atoms with Gasteiger partial charge in [0.2, 0.25) is 0 Å². The summed E-state index contributed by atoms with van der Waals surface area (Å²) >= 11 is 0. The van der Waals surface area contributed by atoms with Crippen LogP contribution in [0.4, 0.5) is 0 Å². The Morgan fingerprint density at radius 1 is 1.21 bits per heavy atom. The summed E-state index contributed by atoms with van der Waals surface area (Å²) in [6.45, 7) is 5.23. The van der Waals surface area contributed by atoms with E-state index in [0.29, 0.717) is 5.57 Å². The lowest BCUT2D eigenvalue weighted by Gasteiger charge is -2.21. The third kappa shape index (κ3) is 5.99. The monoisotopic (exact) mass is 265 g/mol. The Labute approximate surface area is 112 Å². The summed E-state index contributed by atoms with van der Waals surface area (Å²) in [5, 5.41) is 2.03. The molecule has 0 aromatic rings. The second-order valence-electron chi connectivity index (χ2n) is 4.63.